The lowest BCUT2D eigenvalue weighted by molar-refractivity contribution is 0.0634. The van der Waals surface area contributed by atoms with Gasteiger partial charge in [0.05, 0.1) is 12.8 Å². The number of pyridine rings is 1. The second-order valence-electron chi connectivity index (χ2n) is 7.59. The van der Waals surface area contributed by atoms with Crippen LogP contribution in [0.3, 0.4) is 0 Å². The highest BCUT2D eigenvalue weighted by molar-refractivity contribution is 5.96. The Morgan fingerprint density at radius 1 is 1.19 bits per heavy atom. The predicted molar refractivity (Wildman–Crippen MR) is 114 cm³/mol. The number of piperazine rings is 1. The maximum absolute atomic E-state index is 12.8. The zero-order chi connectivity index (χ0) is 22.0. The van der Waals surface area contributed by atoms with E-state index in [4.69, 9.17) is 4.74 Å². The molecule has 1 saturated heterocycles. The van der Waals surface area contributed by atoms with E-state index in [0.717, 1.165) is 25.3 Å². The molecule has 10 nitrogen and oxygen atoms in total. The van der Waals surface area contributed by atoms with Gasteiger partial charge in [0.15, 0.2) is 0 Å². The van der Waals surface area contributed by atoms with Gasteiger partial charge in [-0.05, 0) is 19.1 Å². The molecule has 3 aromatic rings. The molecule has 1 aliphatic heterocycles. The van der Waals surface area contributed by atoms with Crippen molar-refractivity contribution in [1.29, 1.82) is 0 Å². The molecule has 0 atom stereocenters. The summed E-state index contributed by atoms with van der Waals surface area (Å²) in [4.78, 5) is 34.0. The van der Waals surface area contributed by atoms with E-state index < -0.39 is 0 Å². The zero-order valence-electron chi connectivity index (χ0n) is 18.0. The fourth-order valence-electron chi connectivity index (χ4n) is 3.91. The molecule has 1 fully saturated rings. The van der Waals surface area contributed by atoms with Crippen molar-refractivity contribution in [3.8, 4) is 5.88 Å². The lowest BCUT2D eigenvalue weighted by Crippen LogP contribution is -2.50. The molecule has 0 spiro atoms. The summed E-state index contributed by atoms with van der Waals surface area (Å²) >= 11 is 0. The number of imidazole rings is 1. The molecular formula is C21H27N7O3. The van der Waals surface area contributed by atoms with Crippen LogP contribution in [0.2, 0.25) is 0 Å². The lowest BCUT2D eigenvalue weighted by atomic mass is 10.2. The van der Waals surface area contributed by atoms with Crippen LogP contribution in [-0.4, -0.2) is 87.2 Å². The molecule has 3 aromatic heterocycles. The summed E-state index contributed by atoms with van der Waals surface area (Å²) in [6.45, 7) is 5.84. The maximum Gasteiger partial charge on any atom is 0.270 e. The van der Waals surface area contributed by atoms with Crippen LogP contribution >= 0.6 is 0 Å². The number of nitrogens with one attached hydrogen (secondary N) is 1. The third kappa shape index (κ3) is 4.24. The molecule has 10 heteroatoms. The molecule has 1 N–H and O–H groups in total. The molecule has 2 amide bonds. The third-order valence-corrected chi connectivity index (χ3v) is 5.51. The minimum atomic E-state index is -0.131. The van der Waals surface area contributed by atoms with E-state index in [1.165, 1.54) is 7.11 Å². The number of hydrogen-bond donors (Lipinski definition) is 1. The average Bonchev–Trinajstić information content (AvgIpc) is 3.32. The number of nitrogens with zero attached hydrogens (tertiary/aromatic N) is 6. The van der Waals surface area contributed by atoms with Gasteiger partial charge < -0.3 is 15.0 Å². The highest BCUT2D eigenvalue weighted by atomic mass is 16.5. The number of ether oxygens (including phenoxy) is 1. The van der Waals surface area contributed by atoms with E-state index in [0.29, 0.717) is 42.5 Å². The topological polar surface area (TPSA) is 97.0 Å². The molecule has 4 rings (SSSR count). The smallest absolute Gasteiger partial charge is 0.270 e. The predicted octanol–water partition coefficient (Wildman–Crippen LogP) is 0.573. The van der Waals surface area contributed by atoms with Crippen molar-refractivity contribution in [1.82, 2.24) is 34.3 Å². The molecule has 1 aliphatic rings. The molecule has 4 heterocycles. The van der Waals surface area contributed by atoms with Crippen molar-refractivity contribution in [3.63, 3.8) is 0 Å². The van der Waals surface area contributed by atoms with Gasteiger partial charge in [-0.25, -0.2) is 4.98 Å². The van der Waals surface area contributed by atoms with Gasteiger partial charge in [-0.15, -0.1) is 5.10 Å². The number of hydrogen-bond acceptors (Lipinski definition) is 6. The Bertz CT molecular complexity index is 1100. The van der Waals surface area contributed by atoms with Crippen LogP contribution < -0.4 is 10.1 Å². The third-order valence-electron chi connectivity index (χ3n) is 5.51. The molecule has 0 radical (unpaired) electrons. The van der Waals surface area contributed by atoms with Gasteiger partial charge in [0.1, 0.15) is 16.9 Å². The Hall–Kier alpha value is -3.40. The van der Waals surface area contributed by atoms with Crippen molar-refractivity contribution < 1.29 is 14.3 Å². The van der Waals surface area contributed by atoms with E-state index in [2.05, 4.69) is 20.3 Å². The Kier molecular flexibility index (Phi) is 5.90. The minimum Gasteiger partial charge on any atom is -0.479 e. The zero-order valence-corrected chi connectivity index (χ0v) is 18.0. The first kappa shape index (κ1) is 20.9. The van der Waals surface area contributed by atoms with Crippen LogP contribution in [0.4, 0.5) is 0 Å². The molecule has 0 bridgehead atoms. The van der Waals surface area contributed by atoms with Gasteiger partial charge in [0.2, 0.25) is 5.88 Å². The Balaban J connectivity index is 1.27. The Morgan fingerprint density at radius 2 is 1.97 bits per heavy atom. The number of aryl methyl sites for hydroxylation is 2. The van der Waals surface area contributed by atoms with Crippen LogP contribution in [0.5, 0.6) is 5.88 Å². The monoisotopic (exact) mass is 425 g/mol. The first-order chi connectivity index (χ1) is 15.0. The summed E-state index contributed by atoms with van der Waals surface area (Å²) in [5.74, 6) is 0.148. The number of carbonyl (C=O) groups excluding carboxylic acids is 2. The molecular weight excluding hydrogens is 398 g/mol. The molecule has 0 saturated carbocycles. The largest absolute Gasteiger partial charge is 0.479 e. The van der Waals surface area contributed by atoms with Crippen molar-refractivity contribution in [2.75, 3.05) is 46.4 Å². The second kappa shape index (κ2) is 8.76. The number of fused-ring (bicyclic) bond motifs is 1. The van der Waals surface area contributed by atoms with Crippen LogP contribution in [0.1, 0.15) is 26.5 Å². The molecule has 0 aliphatic carbocycles. The summed E-state index contributed by atoms with van der Waals surface area (Å²) < 4.78 is 8.59. The number of rotatable bonds is 6. The minimum absolute atomic E-state index is 0.0685. The Morgan fingerprint density at radius 3 is 2.71 bits per heavy atom. The van der Waals surface area contributed by atoms with E-state index in [1.807, 2.05) is 40.6 Å². The summed E-state index contributed by atoms with van der Waals surface area (Å²) in [5, 5.41) is 7.15. The lowest BCUT2D eigenvalue weighted by Gasteiger charge is -2.34. The number of aromatic nitrogens is 4. The van der Waals surface area contributed by atoms with Crippen LogP contribution in [0.15, 0.2) is 30.6 Å². The number of methoxy groups -OCH3 is 1. The fourth-order valence-corrected chi connectivity index (χ4v) is 3.91. The van der Waals surface area contributed by atoms with Crippen LogP contribution in [-0.2, 0) is 7.05 Å². The summed E-state index contributed by atoms with van der Waals surface area (Å²) in [6, 6.07) is 5.66. The fraction of sp³-hybridized carbons (Fsp3) is 0.429. The number of amides is 2. The summed E-state index contributed by atoms with van der Waals surface area (Å²) in [5.41, 5.74) is 2.52. The Labute approximate surface area is 180 Å². The first-order valence-electron chi connectivity index (χ1n) is 10.3. The molecule has 164 valence electrons. The van der Waals surface area contributed by atoms with E-state index in [-0.39, 0.29) is 11.8 Å². The van der Waals surface area contributed by atoms with Gasteiger partial charge >= 0.3 is 0 Å². The van der Waals surface area contributed by atoms with Crippen molar-refractivity contribution in [2.45, 2.75) is 6.92 Å². The van der Waals surface area contributed by atoms with E-state index >= 15 is 0 Å². The van der Waals surface area contributed by atoms with Crippen LogP contribution in [0.25, 0.3) is 5.65 Å². The standard InChI is InChI=1S/C21H27N7O3/c1-15-18(28-8-5-4-6-17(28)23-15)19(29)22-7-9-26-10-12-27(13-11-26)21(30)16-14-25(2)24-20(16)31-3/h4-6,8,14H,7,9-13H2,1-3H3,(H,22,29). The molecule has 0 unspecified atom stereocenters. The van der Waals surface area contributed by atoms with Gasteiger partial charge in [-0.2, -0.15) is 0 Å². The highest BCUT2D eigenvalue weighted by Gasteiger charge is 2.26. The summed E-state index contributed by atoms with van der Waals surface area (Å²) in [6.07, 6.45) is 3.53. The van der Waals surface area contributed by atoms with Crippen molar-refractivity contribution in [2.24, 2.45) is 7.05 Å². The van der Waals surface area contributed by atoms with E-state index in [9.17, 15) is 9.59 Å². The van der Waals surface area contributed by atoms with Gasteiger partial charge in [-0.3, -0.25) is 23.6 Å². The van der Waals surface area contributed by atoms with Crippen molar-refractivity contribution >= 4 is 17.5 Å². The molecule has 0 aromatic carbocycles. The summed E-state index contributed by atoms with van der Waals surface area (Å²) in [7, 11) is 3.28. The quantitative estimate of drug-likeness (QED) is 0.620. The molecule has 31 heavy (non-hydrogen) atoms. The van der Waals surface area contributed by atoms with Gasteiger partial charge in [0, 0.05) is 58.7 Å². The second-order valence-corrected chi connectivity index (χ2v) is 7.59. The first-order valence-corrected chi connectivity index (χ1v) is 10.3. The van der Waals surface area contributed by atoms with Gasteiger partial charge in [0.25, 0.3) is 11.8 Å². The maximum atomic E-state index is 12.8. The van der Waals surface area contributed by atoms with Crippen LogP contribution in [0, 0.1) is 6.92 Å². The highest BCUT2D eigenvalue weighted by Crippen LogP contribution is 2.18. The van der Waals surface area contributed by atoms with Gasteiger partial charge in [-0.1, -0.05) is 6.07 Å². The SMILES string of the molecule is COc1nn(C)cc1C(=O)N1CCN(CCNC(=O)c2c(C)nc3ccccn23)CC1. The number of carbonyl (C=O) groups is 2. The average molecular weight is 425 g/mol. The van der Waals surface area contributed by atoms with Crippen molar-refractivity contribution in [3.05, 3.63) is 47.5 Å². The van der Waals surface area contributed by atoms with E-state index in [1.54, 1.807) is 17.9 Å². The normalized spacial score (nSPS) is 14.7.